The molecule has 0 aliphatic rings. The molecule has 0 bridgehead atoms. The van der Waals surface area contributed by atoms with Crippen molar-refractivity contribution in [1.82, 2.24) is 25.9 Å². The highest BCUT2D eigenvalue weighted by molar-refractivity contribution is 5.77. The maximum Gasteiger partial charge on any atom is 0.269 e. The number of nitro groups is 1. The zero-order valence-electron chi connectivity index (χ0n) is 10.1. The van der Waals surface area contributed by atoms with Crippen LogP contribution in [0.2, 0.25) is 0 Å². The number of nitrogens with zero attached hydrogens (tertiary/aromatic N) is 4. The normalized spacial score (nSPS) is 10.0. The molecular weight excluding hydrogens is 268 g/mol. The van der Waals surface area contributed by atoms with E-state index in [1.807, 2.05) is 0 Å². The average Bonchev–Trinajstić information content (AvgIpc) is 2.96. The molecule has 10 nitrogen and oxygen atoms in total. The number of benzene rings is 1. The van der Waals surface area contributed by atoms with Gasteiger partial charge in [0.05, 0.1) is 11.5 Å². The molecule has 0 spiro atoms. The van der Waals surface area contributed by atoms with Gasteiger partial charge in [0, 0.05) is 12.1 Å². The number of aromatic nitrogens is 4. The lowest BCUT2D eigenvalue weighted by Crippen LogP contribution is -2.28. The Morgan fingerprint density at radius 2 is 2.15 bits per heavy atom. The lowest BCUT2D eigenvalue weighted by molar-refractivity contribution is -0.384. The van der Waals surface area contributed by atoms with Gasteiger partial charge in [-0.25, -0.2) is 0 Å². The third kappa shape index (κ3) is 3.73. The van der Waals surface area contributed by atoms with Gasteiger partial charge in [0.2, 0.25) is 0 Å². The van der Waals surface area contributed by atoms with E-state index in [1.165, 1.54) is 24.3 Å². The van der Waals surface area contributed by atoms with Gasteiger partial charge in [0.1, 0.15) is 5.75 Å². The molecule has 104 valence electrons. The smallest absolute Gasteiger partial charge is 0.269 e. The number of non-ortho nitro benzene ring substituents is 1. The summed E-state index contributed by atoms with van der Waals surface area (Å²) in [6.07, 6.45) is 0. The van der Waals surface area contributed by atoms with Gasteiger partial charge < -0.3 is 10.1 Å². The molecule has 1 amide bonds. The number of amides is 1. The van der Waals surface area contributed by atoms with Gasteiger partial charge in [0.25, 0.3) is 11.6 Å². The molecule has 10 heteroatoms. The van der Waals surface area contributed by atoms with Crippen LogP contribution in [-0.4, -0.2) is 38.1 Å². The molecule has 0 fully saturated rings. The summed E-state index contributed by atoms with van der Waals surface area (Å²) in [6, 6.07) is 5.44. The van der Waals surface area contributed by atoms with Crippen LogP contribution in [0.4, 0.5) is 5.69 Å². The van der Waals surface area contributed by atoms with Crippen molar-refractivity contribution in [2.45, 2.75) is 6.54 Å². The van der Waals surface area contributed by atoms with Crippen LogP contribution >= 0.6 is 0 Å². The van der Waals surface area contributed by atoms with Crippen molar-refractivity contribution in [1.29, 1.82) is 0 Å². The number of tetrazole rings is 1. The van der Waals surface area contributed by atoms with Crippen molar-refractivity contribution in [2.24, 2.45) is 0 Å². The number of hydrogen-bond acceptors (Lipinski definition) is 7. The predicted molar refractivity (Wildman–Crippen MR) is 64.6 cm³/mol. The summed E-state index contributed by atoms with van der Waals surface area (Å²) in [4.78, 5) is 21.4. The van der Waals surface area contributed by atoms with Crippen LogP contribution in [0.3, 0.4) is 0 Å². The molecule has 0 radical (unpaired) electrons. The minimum absolute atomic E-state index is 0.0427. The van der Waals surface area contributed by atoms with Crippen molar-refractivity contribution in [3.8, 4) is 5.75 Å². The Labute approximate surface area is 112 Å². The van der Waals surface area contributed by atoms with E-state index in [2.05, 4.69) is 25.9 Å². The molecule has 0 atom stereocenters. The molecule has 20 heavy (non-hydrogen) atoms. The lowest BCUT2D eigenvalue weighted by atomic mass is 10.3. The molecule has 1 aromatic heterocycles. The summed E-state index contributed by atoms with van der Waals surface area (Å²) in [7, 11) is 0. The Morgan fingerprint density at radius 1 is 1.40 bits per heavy atom. The molecule has 1 aromatic carbocycles. The van der Waals surface area contributed by atoms with Crippen molar-refractivity contribution in [3.63, 3.8) is 0 Å². The quantitative estimate of drug-likeness (QED) is 0.551. The number of nitrogens with one attached hydrogen (secondary N) is 2. The highest BCUT2D eigenvalue weighted by Crippen LogP contribution is 2.16. The van der Waals surface area contributed by atoms with Crippen molar-refractivity contribution < 1.29 is 14.5 Å². The topological polar surface area (TPSA) is 136 Å². The first kappa shape index (κ1) is 13.4. The summed E-state index contributed by atoms with van der Waals surface area (Å²) < 4.78 is 5.17. The summed E-state index contributed by atoms with van der Waals surface area (Å²) in [5.74, 6) is 0.354. The fourth-order valence-electron chi connectivity index (χ4n) is 1.30. The maximum atomic E-state index is 11.5. The zero-order chi connectivity index (χ0) is 14.4. The number of ether oxygens (including phenoxy) is 1. The highest BCUT2D eigenvalue weighted by Gasteiger charge is 2.07. The Kier molecular flexibility index (Phi) is 4.17. The van der Waals surface area contributed by atoms with Gasteiger partial charge in [-0.1, -0.05) is 5.21 Å². The first-order valence-electron chi connectivity index (χ1n) is 5.51. The Balaban J connectivity index is 1.76. The van der Waals surface area contributed by atoms with E-state index in [-0.39, 0.29) is 24.7 Å². The van der Waals surface area contributed by atoms with Crippen LogP contribution in [0.1, 0.15) is 5.82 Å². The summed E-state index contributed by atoms with van der Waals surface area (Å²) in [5, 5.41) is 25.9. The maximum absolute atomic E-state index is 11.5. The van der Waals surface area contributed by atoms with E-state index in [0.29, 0.717) is 11.6 Å². The molecule has 2 N–H and O–H groups in total. The fourth-order valence-corrected chi connectivity index (χ4v) is 1.30. The molecule has 0 unspecified atom stereocenters. The molecule has 2 aromatic rings. The average molecular weight is 278 g/mol. The minimum Gasteiger partial charge on any atom is -0.484 e. The van der Waals surface area contributed by atoms with E-state index in [4.69, 9.17) is 4.74 Å². The van der Waals surface area contributed by atoms with Crippen LogP contribution in [0.25, 0.3) is 0 Å². The van der Waals surface area contributed by atoms with E-state index in [9.17, 15) is 14.9 Å². The first-order chi connectivity index (χ1) is 9.65. The number of H-pyrrole nitrogens is 1. The second-order valence-corrected chi connectivity index (χ2v) is 3.64. The summed E-state index contributed by atoms with van der Waals surface area (Å²) >= 11 is 0. The van der Waals surface area contributed by atoms with Gasteiger partial charge >= 0.3 is 0 Å². The number of rotatable bonds is 6. The Morgan fingerprint density at radius 3 is 2.75 bits per heavy atom. The zero-order valence-corrected chi connectivity index (χ0v) is 10.1. The third-order valence-electron chi connectivity index (χ3n) is 2.25. The van der Waals surface area contributed by atoms with Crippen LogP contribution in [0.5, 0.6) is 5.75 Å². The number of carbonyl (C=O) groups is 1. The SMILES string of the molecule is O=C(COc1ccc([N+](=O)[O-])cc1)NCc1nn[nH]n1. The molecule has 0 aliphatic heterocycles. The summed E-state index contributed by atoms with van der Waals surface area (Å²) in [6.45, 7) is -0.0748. The first-order valence-corrected chi connectivity index (χ1v) is 5.51. The van der Waals surface area contributed by atoms with Crippen molar-refractivity contribution in [2.75, 3.05) is 6.61 Å². The molecule has 0 saturated carbocycles. The fraction of sp³-hybridized carbons (Fsp3) is 0.200. The highest BCUT2D eigenvalue weighted by atomic mass is 16.6. The van der Waals surface area contributed by atoms with E-state index >= 15 is 0 Å². The Hall–Kier alpha value is -3.04. The largest absolute Gasteiger partial charge is 0.484 e. The van der Waals surface area contributed by atoms with E-state index < -0.39 is 4.92 Å². The van der Waals surface area contributed by atoms with Gasteiger partial charge in [-0.2, -0.15) is 5.21 Å². The number of hydrogen-bond donors (Lipinski definition) is 2. The molecule has 0 saturated heterocycles. The van der Waals surface area contributed by atoms with Crippen LogP contribution < -0.4 is 10.1 Å². The van der Waals surface area contributed by atoms with Crippen LogP contribution in [0, 0.1) is 10.1 Å². The Bertz CT molecular complexity index is 582. The van der Waals surface area contributed by atoms with Gasteiger partial charge in [0.15, 0.2) is 12.4 Å². The molecular formula is C10H10N6O4. The predicted octanol–water partition coefficient (Wildman–Crippen LogP) is -0.197. The number of nitro benzene ring substituents is 1. The number of carbonyl (C=O) groups excluding carboxylic acids is 1. The second kappa shape index (κ2) is 6.22. The van der Waals surface area contributed by atoms with Gasteiger partial charge in [-0.05, 0) is 12.1 Å². The van der Waals surface area contributed by atoms with Gasteiger partial charge in [-0.3, -0.25) is 14.9 Å². The van der Waals surface area contributed by atoms with Gasteiger partial charge in [-0.15, -0.1) is 10.2 Å². The van der Waals surface area contributed by atoms with Crippen LogP contribution in [-0.2, 0) is 11.3 Å². The minimum atomic E-state index is -0.512. The number of aromatic amines is 1. The molecule has 1 heterocycles. The molecule has 0 aliphatic carbocycles. The van der Waals surface area contributed by atoms with Crippen molar-refractivity contribution >= 4 is 11.6 Å². The van der Waals surface area contributed by atoms with Crippen LogP contribution in [0.15, 0.2) is 24.3 Å². The lowest BCUT2D eigenvalue weighted by Gasteiger charge is -2.05. The summed E-state index contributed by atoms with van der Waals surface area (Å²) in [5.41, 5.74) is -0.0427. The van der Waals surface area contributed by atoms with E-state index in [1.54, 1.807) is 0 Å². The third-order valence-corrected chi connectivity index (χ3v) is 2.25. The standard InChI is InChI=1S/C10H10N6O4/c17-10(11-5-9-12-14-15-13-9)6-20-8-3-1-7(2-4-8)16(18)19/h1-4H,5-6H2,(H,11,17)(H,12,13,14,15). The van der Waals surface area contributed by atoms with E-state index in [0.717, 1.165) is 0 Å². The monoisotopic (exact) mass is 278 g/mol. The second-order valence-electron chi connectivity index (χ2n) is 3.64. The van der Waals surface area contributed by atoms with Crippen molar-refractivity contribution in [3.05, 3.63) is 40.2 Å². The molecule has 2 rings (SSSR count).